The second kappa shape index (κ2) is 3.47. The molecule has 1 aliphatic heterocycles. The summed E-state index contributed by atoms with van der Waals surface area (Å²) in [5.41, 5.74) is -0.354. The number of amides is 2. The molecule has 2 aliphatic carbocycles. The SMILES string of the molecule is O=C1O[C@@]2(C[C@@H]3C=C[C@H]2C3)C(=O)N1c1ccccc1. The number of imide groups is 1. The predicted octanol–water partition coefficient (Wildman–Crippen LogP) is 2.50. The molecule has 0 radical (unpaired) electrons. The van der Waals surface area contributed by atoms with Gasteiger partial charge in [0.15, 0.2) is 5.60 Å². The van der Waals surface area contributed by atoms with Crippen LogP contribution in [0.1, 0.15) is 12.8 Å². The van der Waals surface area contributed by atoms with Crippen molar-refractivity contribution in [3.8, 4) is 0 Å². The molecule has 4 rings (SSSR count). The van der Waals surface area contributed by atoms with Crippen LogP contribution in [-0.4, -0.2) is 17.6 Å². The third kappa shape index (κ3) is 1.28. The van der Waals surface area contributed by atoms with E-state index in [2.05, 4.69) is 6.08 Å². The fourth-order valence-corrected chi connectivity index (χ4v) is 3.49. The van der Waals surface area contributed by atoms with Crippen molar-refractivity contribution >= 4 is 17.7 Å². The summed E-state index contributed by atoms with van der Waals surface area (Å²) in [5.74, 6) is 0.209. The molecule has 4 heteroatoms. The van der Waals surface area contributed by atoms with E-state index in [0.717, 1.165) is 6.42 Å². The Morgan fingerprint density at radius 3 is 2.58 bits per heavy atom. The van der Waals surface area contributed by atoms with Crippen LogP contribution >= 0.6 is 0 Å². The number of anilines is 1. The minimum Gasteiger partial charge on any atom is -0.431 e. The van der Waals surface area contributed by atoms with Gasteiger partial charge in [-0.2, -0.15) is 0 Å². The molecular formula is C15H13NO3. The zero-order chi connectivity index (χ0) is 13.0. The Kier molecular flexibility index (Phi) is 1.97. The highest BCUT2D eigenvalue weighted by Crippen LogP contribution is 2.52. The molecule has 3 atom stereocenters. The molecule has 4 nitrogen and oxygen atoms in total. The number of para-hydroxylation sites is 1. The molecule has 1 aromatic rings. The highest BCUT2D eigenvalue weighted by molar-refractivity contribution is 6.20. The lowest BCUT2D eigenvalue weighted by Crippen LogP contribution is -2.44. The highest BCUT2D eigenvalue weighted by Gasteiger charge is 2.63. The molecule has 2 bridgehead atoms. The van der Waals surface area contributed by atoms with Crippen molar-refractivity contribution in [3.63, 3.8) is 0 Å². The van der Waals surface area contributed by atoms with Gasteiger partial charge in [0.1, 0.15) is 0 Å². The quantitative estimate of drug-likeness (QED) is 0.724. The van der Waals surface area contributed by atoms with Crippen LogP contribution in [0.5, 0.6) is 0 Å². The number of ether oxygens (including phenoxy) is 1. The second-order valence-electron chi connectivity index (χ2n) is 5.42. The molecule has 1 aromatic carbocycles. The van der Waals surface area contributed by atoms with Crippen LogP contribution in [0.4, 0.5) is 10.5 Å². The van der Waals surface area contributed by atoms with E-state index in [1.165, 1.54) is 4.90 Å². The molecule has 1 saturated heterocycles. The molecule has 2 fully saturated rings. The number of hydrogen-bond acceptors (Lipinski definition) is 3. The Morgan fingerprint density at radius 2 is 1.95 bits per heavy atom. The van der Waals surface area contributed by atoms with Gasteiger partial charge in [0, 0.05) is 12.3 Å². The van der Waals surface area contributed by atoms with E-state index in [-0.39, 0.29) is 11.8 Å². The Hall–Kier alpha value is -2.10. The lowest BCUT2D eigenvalue weighted by atomic mass is 9.87. The van der Waals surface area contributed by atoms with Crippen LogP contribution in [0.15, 0.2) is 42.5 Å². The summed E-state index contributed by atoms with van der Waals surface area (Å²) in [6, 6.07) is 8.97. The van der Waals surface area contributed by atoms with Gasteiger partial charge in [-0.15, -0.1) is 0 Å². The van der Waals surface area contributed by atoms with Gasteiger partial charge in [0.05, 0.1) is 5.69 Å². The van der Waals surface area contributed by atoms with Gasteiger partial charge in [0.25, 0.3) is 5.91 Å². The first-order valence-corrected chi connectivity index (χ1v) is 6.51. The number of hydrogen-bond donors (Lipinski definition) is 0. The van der Waals surface area contributed by atoms with E-state index in [0.29, 0.717) is 18.0 Å². The average molecular weight is 255 g/mol. The smallest absolute Gasteiger partial charge is 0.422 e. The van der Waals surface area contributed by atoms with E-state index in [1.807, 2.05) is 24.3 Å². The van der Waals surface area contributed by atoms with Crippen LogP contribution in [-0.2, 0) is 9.53 Å². The molecular weight excluding hydrogens is 242 g/mol. The normalized spacial score (nSPS) is 35.5. The number of allylic oxidation sites excluding steroid dienone is 1. The Balaban J connectivity index is 1.75. The van der Waals surface area contributed by atoms with Crippen LogP contribution in [0.3, 0.4) is 0 Å². The number of fused-ring (bicyclic) bond motifs is 3. The lowest BCUT2D eigenvalue weighted by Gasteiger charge is -2.26. The van der Waals surface area contributed by atoms with Crippen molar-refractivity contribution in [1.29, 1.82) is 0 Å². The van der Waals surface area contributed by atoms with Gasteiger partial charge in [-0.25, -0.2) is 9.69 Å². The maximum absolute atomic E-state index is 12.7. The van der Waals surface area contributed by atoms with E-state index >= 15 is 0 Å². The summed E-state index contributed by atoms with van der Waals surface area (Å²) in [6.07, 6.45) is 5.15. The number of rotatable bonds is 1. The van der Waals surface area contributed by atoms with Crippen LogP contribution in [0.2, 0.25) is 0 Å². The first-order valence-electron chi connectivity index (χ1n) is 6.51. The van der Waals surface area contributed by atoms with E-state index in [4.69, 9.17) is 4.74 Å². The summed E-state index contributed by atoms with van der Waals surface area (Å²) < 4.78 is 5.51. The summed E-state index contributed by atoms with van der Waals surface area (Å²) in [6.45, 7) is 0. The third-order valence-corrected chi connectivity index (χ3v) is 4.37. The zero-order valence-electron chi connectivity index (χ0n) is 10.3. The summed E-state index contributed by atoms with van der Waals surface area (Å²) in [7, 11) is 0. The highest BCUT2D eigenvalue weighted by atomic mass is 16.6. The molecule has 0 N–H and O–H groups in total. The summed E-state index contributed by atoms with van der Waals surface area (Å²) in [4.78, 5) is 25.9. The van der Waals surface area contributed by atoms with Crippen molar-refractivity contribution in [2.75, 3.05) is 4.90 Å². The van der Waals surface area contributed by atoms with Crippen molar-refractivity contribution < 1.29 is 14.3 Å². The standard InChI is InChI=1S/C15H13NO3/c17-13-15(9-10-6-7-11(15)8-10)19-14(18)16(13)12-4-2-1-3-5-12/h1-7,10-11H,8-9H2/t10-,11+,15-/m1/s1. The molecule has 96 valence electrons. The molecule has 2 amide bonds. The molecule has 3 aliphatic rings. The third-order valence-electron chi connectivity index (χ3n) is 4.37. The van der Waals surface area contributed by atoms with Crippen molar-refractivity contribution in [2.24, 2.45) is 11.8 Å². The first kappa shape index (κ1) is 10.8. The molecule has 1 spiro atoms. The molecule has 19 heavy (non-hydrogen) atoms. The van der Waals surface area contributed by atoms with Gasteiger partial charge in [-0.3, -0.25) is 4.79 Å². The molecule has 0 aromatic heterocycles. The van der Waals surface area contributed by atoms with Gasteiger partial charge in [-0.05, 0) is 24.5 Å². The molecule has 1 heterocycles. The number of nitrogens with zero attached hydrogens (tertiary/aromatic N) is 1. The fraction of sp³-hybridized carbons (Fsp3) is 0.333. The van der Waals surface area contributed by atoms with E-state index in [1.54, 1.807) is 12.1 Å². The van der Waals surface area contributed by atoms with Crippen molar-refractivity contribution in [1.82, 2.24) is 0 Å². The van der Waals surface area contributed by atoms with E-state index in [9.17, 15) is 9.59 Å². The zero-order valence-corrected chi connectivity index (χ0v) is 10.3. The summed E-state index contributed by atoms with van der Waals surface area (Å²) in [5, 5.41) is 0. The number of carbonyl (C=O) groups is 2. The number of carbonyl (C=O) groups excluding carboxylic acids is 2. The predicted molar refractivity (Wildman–Crippen MR) is 68.5 cm³/mol. The average Bonchev–Trinajstić information content (AvgIpc) is 3.06. The van der Waals surface area contributed by atoms with Crippen LogP contribution < -0.4 is 4.90 Å². The monoisotopic (exact) mass is 255 g/mol. The Labute approximate surface area is 110 Å². The van der Waals surface area contributed by atoms with Gasteiger partial charge in [-0.1, -0.05) is 30.4 Å². The van der Waals surface area contributed by atoms with Crippen LogP contribution in [0.25, 0.3) is 0 Å². The maximum Gasteiger partial charge on any atom is 0.422 e. The Morgan fingerprint density at radius 1 is 1.16 bits per heavy atom. The summed E-state index contributed by atoms with van der Waals surface area (Å²) >= 11 is 0. The van der Waals surface area contributed by atoms with Crippen LogP contribution in [0, 0.1) is 11.8 Å². The van der Waals surface area contributed by atoms with Crippen molar-refractivity contribution in [2.45, 2.75) is 18.4 Å². The minimum absolute atomic E-state index is 0.0441. The largest absolute Gasteiger partial charge is 0.431 e. The first-order chi connectivity index (χ1) is 9.21. The Bertz CT molecular complexity index is 595. The second-order valence-corrected chi connectivity index (χ2v) is 5.42. The minimum atomic E-state index is -0.938. The van der Waals surface area contributed by atoms with Gasteiger partial charge < -0.3 is 4.74 Å². The fourth-order valence-electron chi connectivity index (χ4n) is 3.49. The lowest BCUT2D eigenvalue weighted by molar-refractivity contribution is -0.131. The van der Waals surface area contributed by atoms with Gasteiger partial charge in [0.2, 0.25) is 0 Å². The molecule has 1 saturated carbocycles. The topological polar surface area (TPSA) is 46.6 Å². The van der Waals surface area contributed by atoms with E-state index < -0.39 is 11.7 Å². The number of benzene rings is 1. The van der Waals surface area contributed by atoms with Gasteiger partial charge >= 0.3 is 6.09 Å². The van der Waals surface area contributed by atoms with Crippen molar-refractivity contribution in [3.05, 3.63) is 42.5 Å². The maximum atomic E-state index is 12.7. The molecule has 0 unspecified atom stereocenters.